The van der Waals surface area contributed by atoms with Gasteiger partial charge in [-0.15, -0.1) is 0 Å². The molecule has 0 aliphatic heterocycles. The highest BCUT2D eigenvalue weighted by molar-refractivity contribution is 5.42. The van der Waals surface area contributed by atoms with Crippen molar-refractivity contribution in [3.05, 3.63) is 22.8 Å². The van der Waals surface area contributed by atoms with Gasteiger partial charge in [-0.05, 0) is 43.6 Å². The summed E-state index contributed by atoms with van der Waals surface area (Å²) in [7, 11) is 6.50. The lowest BCUT2D eigenvalue weighted by molar-refractivity contribution is -0.178. The van der Waals surface area contributed by atoms with E-state index >= 15 is 0 Å². The third-order valence-corrected chi connectivity index (χ3v) is 3.69. The van der Waals surface area contributed by atoms with Gasteiger partial charge >= 0.3 is 0 Å². The zero-order chi connectivity index (χ0) is 13.3. The van der Waals surface area contributed by atoms with E-state index in [1.165, 1.54) is 0 Å². The Morgan fingerprint density at radius 2 is 1.24 bits per heavy atom. The van der Waals surface area contributed by atoms with Crippen LogP contribution in [0.1, 0.15) is 20.8 Å². The minimum Gasteiger partial charge on any atom is -0.346 e. The molecule has 0 radical (unpaired) electrons. The van der Waals surface area contributed by atoms with Gasteiger partial charge in [0.05, 0.1) is 0 Å². The Hall–Kier alpha value is -0.680. The first-order valence-electron chi connectivity index (χ1n) is 5.53. The molecule has 0 saturated carbocycles. The van der Waals surface area contributed by atoms with Crippen LogP contribution in [0, 0.1) is 0 Å². The highest BCUT2D eigenvalue weighted by atomic mass is 16.7. The highest BCUT2D eigenvalue weighted by Gasteiger charge is 2.46. The summed E-state index contributed by atoms with van der Waals surface area (Å²) in [6.45, 7) is 5.86. The van der Waals surface area contributed by atoms with Crippen molar-refractivity contribution in [3.63, 3.8) is 0 Å². The van der Waals surface area contributed by atoms with Crippen molar-refractivity contribution < 1.29 is 18.9 Å². The molecule has 0 aromatic rings. The van der Waals surface area contributed by atoms with E-state index in [4.69, 9.17) is 18.9 Å². The zero-order valence-electron chi connectivity index (χ0n) is 11.7. The van der Waals surface area contributed by atoms with Gasteiger partial charge < -0.3 is 18.9 Å². The van der Waals surface area contributed by atoms with Crippen LogP contribution < -0.4 is 0 Å². The molecule has 0 atom stereocenters. The summed E-state index contributed by atoms with van der Waals surface area (Å²) in [4.78, 5) is 0. The van der Waals surface area contributed by atoms with Crippen LogP contribution in [-0.4, -0.2) is 40.0 Å². The Labute approximate surface area is 103 Å². The molecule has 4 heteroatoms. The van der Waals surface area contributed by atoms with Gasteiger partial charge in [0.1, 0.15) is 0 Å². The van der Waals surface area contributed by atoms with Crippen molar-refractivity contribution in [2.24, 2.45) is 0 Å². The van der Waals surface area contributed by atoms with Crippen molar-refractivity contribution >= 4 is 0 Å². The molecule has 0 amide bonds. The molecule has 0 aromatic carbocycles. The van der Waals surface area contributed by atoms with Crippen LogP contribution in [0.15, 0.2) is 22.8 Å². The van der Waals surface area contributed by atoms with Crippen molar-refractivity contribution in [2.45, 2.75) is 32.3 Å². The standard InChI is InChI=1S/C13H22O4/c1-9-8-12(14-4,15-5)10(2)11(3)13(9,16-6)17-7/h8H,1-7H3. The summed E-state index contributed by atoms with van der Waals surface area (Å²) >= 11 is 0. The van der Waals surface area contributed by atoms with Gasteiger partial charge in [-0.1, -0.05) is 0 Å². The van der Waals surface area contributed by atoms with E-state index in [1.54, 1.807) is 28.4 Å². The first-order valence-corrected chi connectivity index (χ1v) is 5.53. The average molecular weight is 242 g/mol. The van der Waals surface area contributed by atoms with E-state index in [9.17, 15) is 0 Å². The van der Waals surface area contributed by atoms with Gasteiger partial charge in [0.2, 0.25) is 11.6 Å². The lowest BCUT2D eigenvalue weighted by atomic mass is 9.84. The van der Waals surface area contributed by atoms with Crippen LogP contribution in [0.5, 0.6) is 0 Å². The van der Waals surface area contributed by atoms with Crippen LogP contribution >= 0.6 is 0 Å². The molecule has 0 N–H and O–H groups in total. The van der Waals surface area contributed by atoms with E-state index in [0.717, 1.165) is 16.7 Å². The second-order valence-electron chi connectivity index (χ2n) is 4.18. The second-order valence-corrected chi connectivity index (χ2v) is 4.18. The van der Waals surface area contributed by atoms with E-state index in [0.29, 0.717) is 0 Å². The molecule has 0 spiro atoms. The fourth-order valence-corrected chi connectivity index (χ4v) is 2.51. The topological polar surface area (TPSA) is 36.9 Å². The molecule has 1 aliphatic rings. The smallest absolute Gasteiger partial charge is 0.213 e. The van der Waals surface area contributed by atoms with Gasteiger partial charge in [-0.25, -0.2) is 0 Å². The van der Waals surface area contributed by atoms with Crippen LogP contribution in [0.4, 0.5) is 0 Å². The second kappa shape index (κ2) is 4.90. The molecule has 0 aromatic heterocycles. The predicted molar refractivity (Wildman–Crippen MR) is 65.6 cm³/mol. The molecular weight excluding hydrogens is 220 g/mol. The largest absolute Gasteiger partial charge is 0.346 e. The third kappa shape index (κ3) is 1.85. The maximum Gasteiger partial charge on any atom is 0.213 e. The summed E-state index contributed by atoms with van der Waals surface area (Å²) in [5, 5.41) is 0. The minimum absolute atomic E-state index is 0.815. The quantitative estimate of drug-likeness (QED) is 0.560. The van der Waals surface area contributed by atoms with Crippen molar-refractivity contribution in [3.8, 4) is 0 Å². The van der Waals surface area contributed by atoms with Crippen LogP contribution in [0.2, 0.25) is 0 Å². The Morgan fingerprint density at radius 1 is 0.765 bits per heavy atom. The summed E-state index contributed by atoms with van der Waals surface area (Å²) in [6.07, 6.45) is 1.89. The maximum absolute atomic E-state index is 5.55. The number of ether oxygens (including phenoxy) is 4. The number of rotatable bonds is 4. The first-order chi connectivity index (χ1) is 7.94. The Bertz CT molecular complexity index is 346. The molecule has 4 nitrogen and oxygen atoms in total. The number of hydrogen-bond donors (Lipinski definition) is 0. The van der Waals surface area contributed by atoms with Crippen LogP contribution in [0.25, 0.3) is 0 Å². The molecule has 17 heavy (non-hydrogen) atoms. The molecule has 1 rings (SSSR count). The molecule has 0 fully saturated rings. The number of methoxy groups -OCH3 is 4. The fraction of sp³-hybridized carbons (Fsp3) is 0.692. The number of hydrogen-bond acceptors (Lipinski definition) is 4. The van der Waals surface area contributed by atoms with E-state index in [1.807, 2.05) is 26.8 Å². The van der Waals surface area contributed by atoms with Gasteiger partial charge in [-0.3, -0.25) is 0 Å². The minimum atomic E-state index is -0.825. The summed E-state index contributed by atoms with van der Waals surface area (Å²) in [6, 6.07) is 0. The highest BCUT2D eigenvalue weighted by Crippen LogP contribution is 2.42. The van der Waals surface area contributed by atoms with E-state index in [2.05, 4.69) is 0 Å². The first kappa shape index (κ1) is 14.4. The molecule has 98 valence electrons. The molecule has 1 aliphatic carbocycles. The lowest BCUT2D eigenvalue weighted by Gasteiger charge is -2.43. The van der Waals surface area contributed by atoms with Crippen LogP contribution in [0.3, 0.4) is 0 Å². The third-order valence-electron chi connectivity index (χ3n) is 3.69. The zero-order valence-corrected chi connectivity index (χ0v) is 11.7. The SMILES string of the molecule is COC1(OC)C=C(C)C(OC)(OC)C(C)=C1C. The maximum atomic E-state index is 5.55. The fourth-order valence-electron chi connectivity index (χ4n) is 2.51. The van der Waals surface area contributed by atoms with Crippen molar-refractivity contribution in [2.75, 3.05) is 28.4 Å². The Kier molecular flexibility index (Phi) is 4.15. The van der Waals surface area contributed by atoms with Crippen molar-refractivity contribution in [1.82, 2.24) is 0 Å². The van der Waals surface area contributed by atoms with Crippen molar-refractivity contribution in [1.29, 1.82) is 0 Å². The van der Waals surface area contributed by atoms with E-state index < -0.39 is 11.6 Å². The summed E-state index contributed by atoms with van der Waals surface area (Å²) in [5.74, 6) is -1.64. The lowest BCUT2D eigenvalue weighted by Crippen LogP contribution is -2.47. The Balaban J connectivity index is 3.41. The molecule has 0 unspecified atom stereocenters. The monoisotopic (exact) mass is 242 g/mol. The van der Waals surface area contributed by atoms with Gasteiger partial charge in [0, 0.05) is 28.4 Å². The van der Waals surface area contributed by atoms with Gasteiger partial charge in [-0.2, -0.15) is 0 Å². The Morgan fingerprint density at radius 3 is 1.59 bits per heavy atom. The summed E-state index contributed by atoms with van der Waals surface area (Å²) in [5.41, 5.74) is 2.80. The molecule has 0 saturated heterocycles. The van der Waals surface area contributed by atoms with E-state index in [-0.39, 0.29) is 0 Å². The van der Waals surface area contributed by atoms with Gasteiger partial charge in [0.15, 0.2) is 0 Å². The molecule has 0 bridgehead atoms. The predicted octanol–water partition coefficient (Wildman–Crippen LogP) is 2.26. The molecule has 0 heterocycles. The van der Waals surface area contributed by atoms with Gasteiger partial charge in [0.25, 0.3) is 0 Å². The summed E-state index contributed by atoms with van der Waals surface area (Å²) < 4.78 is 22.1. The molecular formula is C13H22O4. The average Bonchev–Trinajstić information content (AvgIpc) is 2.36. The van der Waals surface area contributed by atoms with Crippen LogP contribution in [-0.2, 0) is 18.9 Å². The normalized spacial score (nSPS) is 22.6.